The van der Waals surface area contributed by atoms with Gasteiger partial charge >= 0.3 is 0 Å². The third kappa shape index (κ3) is 3.08. The second-order valence-electron chi connectivity index (χ2n) is 7.57. The van der Waals surface area contributed by atoms with Crippen LogP contribution in [0.15, 0.2) is 30.3 Å². The summed E-state index contributed by atoms with van der Waals surface area (Å²) in [7, 11) is 2.16. The molecular weight excluding hydrogens is 300 g/mol. The number of hydrogen-bond donors (Lipinski definition) is 1. The lowest BCUT2D eigenvalue weighted by Gasteiger charge is -2.39. The molecule has 0 saturated carbocycles. The summed E-state index contributed by atoms with van der Waals surface area (Å²) in [5, 5.41) is 3.46. The van der Waals surface area contributed by atoms with Crippen LogP contribution in [-0.2, 0) is 4.79 Å². The van der Waals surface area contributed by atoms with Gasteiger partial charge in [0.1, 0.15) is 6.04 Å². The number of carbonyl (C=O) groups excluding carboxylic acids is 1. The van der Waals surface area contributed by atoms with Crippen LogP contribution in [-0.4, -0.2) is 80.0 Å². The van der Waals surface area contributed by atoms with Gasteiger partial charge in [-0.05, 0) is 24.4 Å². The maximum atomic E-state index is 13.4. The number of rotatable bonds is 3. The fourth-order valence-corrected chi connectivity index (χ4v) is 4.43. The smallest absolute Gasteiger partial charge is 0.244 e. The predicted octanol–water partition coefficient (Wildman–Crippen LogP) is 0.653. The van der Waals surface area contributed by atoms with E-state index in [-0.39, 0.29) is 6.04 Å². The van der Waals surface area contributed by atoms with Crippen molar-refractivity contribution >= 4 is 5.91 Å². The minimum absolute atomic E-state index is 0.119. The molecule has 3 atom stereocenters. The molecule has 1 aromatic carbocycles. The maximum absolute atomic E-state index is 13.4. The Morgan fingerprint density at radius 1 is 1.04 bits per heavy atom. The molecule has 3 aliphatic heterocycles. The fraction of sp³-hybridized carbons (Fsp3) is 0.632. The van der Waals surface area contributed by atoms with Crippen LogP contribution in [0.3, 0.4) is 0 Å². The third-order valence-corrected chi connectivity index (χ3v) is 5.95. The van der Waals surface area contributed by atoms with Gasteiger partial charge in [-0.1, -0.05) is 30.3 Å². The average molecular weight is 328 g/mol. The molecule has 3 fully saturated rings. The molecule has 0 aromatic heterocycles. The molecule has 1 unspecified atom stereocenters. The Balaban J connectivity index is 1.54. The van der Waals surface area contributed by atoms with E-state index in [2.05, 4.69) is 39.2 Å². The van der Waals surface area contributed by atoms with Gasteiger partial charge in [-0.25, -0.2) is 0 Å². The normalized spacial score (nSPS) is 29.6. The second-order valence-corrected chi connectivity index (χ2v) is 7.57. The number of benzene rings is 1. The number of hydrogen-bond acceptors (Lipinski definition) is 4. The van der Waals surface area contributed by atoms with Crippen LogP contribution in [0.1, 0.15) is 11.6 Å². The van der Waals surface area contributed by atoms with Gasteiger partial charge in [-0.3, -0.25) is 9.69 Å². The number of carbonyl (C=O) groups is 1. The zero-order valence-electron chi connectivity index (χ0n) is 14.5. The Morgan fingerprint density at radius 3 is 2.29 bits per heavy atom. The summed E-state index contributed by atoms with van der Waals surface area (Å²) in [6, 6.07) is 10.2. The molecule has 0 spiro atoms. The van der Waals surface area contributed by atoms with E-state index in [1.54, 1.807) is 0 Å². The summed E-state index contributed by atoms with van der Waals surface area (Å²) in [4.78, 5) is 20.3. The maximum Gasteiger partial charge on any atom is 0.244 e. The van der Waals surface area contributed by atoms with E-state index >= 15 is 0 Å². The van der Waals surface area contributed by atoms with Gasteiger partial charge in [0.2, 0.25) is 5.91 Å². The Hall–Kier alpha value is -1.43. The van der Waals surface area contributed by atoms with E-state index in [1.807, 2.05) is 18.2 Å². The minimum atomic E-state index is -0.119. The largest absolute Gasteiger partial charge is 0.340 e. The van der Waals surface area contributed by atoms with Crippen molar-refractivity contribution in [3.8, 4) is 0 Å². The van der Waals surface area contributed by atoms with Crippen LogP contribution in [0.2, 0.25) is 0 Å². The average Bonchev–Trinajstić information content (AvgIpc) is 3.19. The molecule has 3 aliphatic rings. The fourth-order valence-electron chi connectivity index (χ4n) is 4.43. The number of likely N-dealkylation sites (tertiary alicyclic amines) is 1. The van der Waals surface area contributed by atoms with Gasteiger partial charge in [-0.2, -0.15) is 0 Å². The van der Waals surface area contributed by atoms with Crippen molar-refractivity contribution in [3.63, 3.8) is 0 Å². The van der Waals surface area contributed by atoms with Crippen LogP contribution in [0.4, 0.5) is 0 Å². The minimum Gasteiger partial charge on any atom is -0.340 e. The summed E-state index contributed by atoms with van der Waals surface area (Å²) in [5.74, 6) is 1.61. The Bertz CT molecular complexity index is 558. The van der Waals surface area contributed by atoms with Crippen LogP contribution < -0.4 is 5.32 Å². The number of piperazine rings is 1. The molecule has 0 bridgehead atoms. The first-order chi connectivity index (χ1) is 11.7. The Kier molecular flexibility index (Phi) is 4.57. The zero-order chi connectivity index (χ0) is 16.5. The van der Waals surface area contributed by atoms with Gasteiger partial charge in [0, 0.05) is 52.4 Å². The lowest BCUT2D eigenvalue weighted by atomic mass is 10.0. The second kappa shape index (κ2) is 6.82. The van der Waals surface area contributed by atoms with Crippen molar-refractivity contribution in [3.05, 3.63) is 35.9 Å². The molecule has 1 amide bonds. The molecule has 1 aromatic rings. The molecule has 0 radical (unpaired) electrons. The zero-order valence-corrected chi connectivity index (χ0v) is 14.5. The molecule has 0 aliphatic carbocycles. The van der Waals surface area contributed by atoms with Crippen molar-refractivity contribution in [2.24, 2.45) is 11.8 Å². The van der Waals surface area contributed by atoms with Crippen molar-refractivity contribution in [1.82, 2.24) is 20.0 Å². The van der Waals surface area contributed by atoms with Crippen molar-refractivity contribution in [2.75, 3.05) is 59.4 Å². The monoisotopic (exact) mass is 328 g/mol. The highest BCUT2D eigenvalue weighted by Crippen LogP contribution is 2.31. The van der Waals surface area contributed by atoms with Crippen LogP contribution in [0, 0.1) is 11.8 Å². The van der Waals surface area contributed by atoms with E-state index in [9.17, 15) is 4.79 Å². The molecule has 3 saturated heterocycles. The Morgan fingerprint density at radius 2 is 1.67 bits per heavy atom. The van der Waals surface area contributed by atoms with Crippen LogP contribution >= 0.6 is 0 Å². The predicted molar refractivity (Wildman–Crippen MR) is 94.7 cm³/mol. The van der Waals surface area contributed by atoms with Gasteiger partial charge in [0.15, 0.2) is 0 Å². The molecule has 5 heteroatoms. The van der Waals surface area contributed by atoms with Crippen molar-refractivity contribution in [1.29, 1.82) is 0 Å². The molecular formula is C19H28N4O. The number of nitrogens with zero attached hydrogens (tertiary/aromatic N) is 3. The number of amides is 1. The lowest BCUT2D eigenvalue weighted by Crippen LogP contribution is -2.50. The van der Waals surface area contributed by atoms with E-state index in [1.165, 1.54) is 0 Å². The lowest BCUT2D eigenvalue weighted by molar-refractivity contribution is -0.137. The molecule has 130 valence electrons. The van der Waals surface area contributed by atoms with Crippen molar-refractivity contribution in [2.45, 2.75) is 6.04 Å². The van der Waals surface area contributed by atoms with E-state index < -0.39 is 0 Å². The highest BCUT2D eigenvalue weighted by atomic mass is 16.2. The highest BCUT2D eigenvalue weighted by Gasteiger charge is 2.41. The topological polar surface area (TPSA) is 38.8 Å². The first-order valence-electron chi connectivity index (χ1n) is 9.19. The summed E-state index contributed by atoms with van der Waals surface area (Å²) < 4.78 is 0. The van der Waals surface area contributed by atoms with Crippen LogP contribution in [0.5, 0.6) is 0 Å². The molecule has 3 heterocycles. The van der Waals surface area contributed by atoms with E-state index in [0.717, 1.165) is 57.9 Å². The number of fused-ring (bicyclic) bond motifs is 1. The van der Waals surface area contributed by atoms with Crippen molar-refractivity contribution < 1.29 is 4.79 Å². The van der Waals surface area contributed by atoms with E-state index in [0.29, 0.717) is 17.7 Å². The SMILES string of the molecule is CN1CCN(C(C(=O)N2C[C@H]3CNC[C@H]3C2)c2ccccc2)CC1. The summed E-state index contributed by atoms with van der Waals surface area (Å²) >= 11 is 0. The van der Waals surface area contributed by atoms with Gasteiger partial charge in [-0.15, -0.1) is 0 Å². The first-order valence-corrected chi connectivity index (χ1v) is 9.19. The molecule has 24 heavy (non-hydrogen) atoms. The van der Waals surface area contributed by atoms with Crippen LogP contribution in [0.25, 0.3) is 0 Å². The molecule has 4 rings (SSSR count). The number of nitrogens with one attached hydrogen (secondary N) is 1. The van der Waals surface area contributed by atoms with Gasteiger partial charge in [0.25, 0.3) is 0 Å². The molecule has 1 N–H and O–H groups in total. The molecule has 5 nitrogen and oxygen atoms in total. The van der Waals surface area contributed by atoms with Gasteiger partial charge in [0.05, 0.1) is 0 Å². The van der Waals surface area contributed by atoms with E-state index in [4.69, 9.17) is 0 Å². The standard InChI is InChI=1S/C19H28N4O/c1-21-7-9-22(10-8-21)18(15-5-3-2-4-6-15)19(24)23-13-16-11-20-12-17(16)14-23/h2-6,16-18,20H,7-14H2,1H3/t16-,17+,18?. The highest BCUT2D eigenvalue weighted by molar-refractivity contribution is 5.83. The first kappa shape index (κ1) is 16.1. The summed E-state index contributed by atoms with van der Waals surface area (Å²) in [5.41, 5.74) is 1.14. The quantitative estimate of drug-likeness (QED) is 0.884. The third-order valence-electron chi connectivity index (χ3n) is 5.95. The number of likely N-dealkylation sites (N-methyl/N-ethyl adjacent to an activating group) is 1. The summed E-state index contributed by atoms with van der Waals surface area (Å²) in [6.07, 6.45) is 0. The Labute approximate surface area is 144 Å². The van der Waals surface area contributed by atoms with Gasteiger partial charge < -0.3 is 15.1 Å². The summed E-state index contributed by atoms with van der Waals surface area (Å²) in [6.45, 7) is 7.98.